The number of nitrogens with zero attached hydrogens (tertiary/aromatic N) is 2. The smallest absolute Gasteiger partial charge is 0.262 e. The molecule has 1 atom stereocenters. The van der Waals surface area contributed by atoms with E-state index in [1.807, 2.05) is 37.3 Å². The number of benzene rings is 2. The lowest BCUT2D eigenvalue weighted by molar-refractivity contribution is 0.0915. The monoisotopic (exact) mass is 426 g/mol. The molecule has 0 amide bonds. The first-order chi connectivity index (χ1) is 14.0. The Kier molecular flexibility index (Phi) is 5.67. The number of aryl methyl sites for hydroxylation is 1. The van der Waals surface area contributed by atoms with Crippen molar-refractivity contribution >= 4 is 33.2 Å². The lowest BCUT2D eigenvalue weighted by atomic mass is 10.1. The number of hydrogen-bond donors (Lipinski definition) is 1. The highest BCUT2D eigenvalue weighted by molar-refractivity contribution is 7.22. The Morgan fingerprint density at radius 1 is 1.17 bits per heavy atom. The molecule has 29 heavy (non-hydrogen) atoms. The van der Waals surface area contributed by atoms with Gasteiger partial charge in [-0.25, -0.2) is 4.98 Å². The number of rotatable bonds is 6. The van der Waals surface area contributed by atoms with Gasteiger partial charge >= 0.3 is 0 Å². The molecule has 4 aromatic rings. The van der Waals surface area contributed by atoms with Crippen LogP contribution in [0.2, 0.25) is 5.02 Å². The van der Waals surface area contributed by atoms with Crippen molar-refractivity contribution < 1.29 is 9.84 Å². The van der Waals surface area contributed by atoms with Crippen LogP contribution in [0.3, 0.4) is 0 Å². The van der Waals surface area contributed by atoms with E-state index in [1.54, 1.807) is 24.3 Å². The second-order valence-electron chi connectivity index (χ2n) is 6.72. The van der Waals surface area contributed by atoms with Crippen molar-refractivity contribution in [2.75, 3.05) is 6.61 Å². The van der Waals surface area contributed by atoms with Crippen LogP contribution in [-0.4, -0.2) is 27.4 Å². The maximum absolute atomic E-state index is 13.0. The summed E-state index contributed by atoms with van der Waals surface area (Å²) in [4.78, 5) is 19.2. The Morgan fingerprint density at radius 3 is 2.62 bits per heavy atom. The number of aromatic nitrogens is 2. The van der Waals surface area contributed by atoms with Gasteiger partial charge in [0.2, 0.25) is 0 Å². The van der Waals surface area contributed by atoms with Gasteiger partial charge in [0.05, 0.1) is 18.3 Å². The lowest BCUT2D eigenvalue weighted by Gasteiger charge is -2.14. The number of hydrogen-bond acceptors (Lipinski definition) is 5. The largest absolute Gasteiger partial charge is 0.491 e. The normalized spacial score (nSPS) is 12.2. The van der Waals surface area contributed by atoms with E-state index in [0.717, 1.165) is 16.0 Å². The van der Waals surface area contributed by atoms with Crippen LogP contribution in [0.4, 0.5) is 0 Å². The van der Waals surface area contributed by atoms with Crippen LogP contribution in [0.15, 0.2) is 65.7 Å². The fourth-order valence-corrected chi connectivity index (χ4v) is 4.43. The number of thiophene rings is 1. The van der Waals surface area contributed by atoms with Gasteiger partial charge in [-0.15, -0.1) is 11.3 Å². The molecule has 148 valence electrons. The van der Waals surface area contributed by atoms with E-state index in [2.05, 4.69) is 4.98 Å². The first-order valence-corrected chi connectivity index (χ1v) is 10.3. The summed E-state index contributed by atoms with van der Waals surface area (Å²) in [7, 11) is 0. The predicted molar refractivity (Wildman–Crippen MR) is 117 cm³/mol. The molecule has 4 rings (SSSR count). The van der Waals surface area contributed by atoms with E-state index < -0.39 is 6.10 Å². The second kappa shape index (κ2) is 8.37. The summed E-state index contributed by atoms with van der Waals surface area (Å²) in [5.41, 5.74) is 1.82. The highest BCUT2D eigenvalue weighted by Crippen LogP contribution is 2.35. The van der Waals surface area contributed by atoms with E-state index in [0.29, 0.717) is 21.0 Å². The molecule has 7 heteroatoms. The molecule has 0 saturated heterocycles. The number of fused-ring (bicyclic) bond motifs is 1. The Morgan fingerprint density at radius 2 is 1.90 bits per heavy atom. The molecular weight excluding hydrogens is 408 g/mol. The van der Waals surface area contributed by atoms with E-state index in [-0.39, 0.29) is 18.7 Å². The van der Waals surface area contributed by atoms with Gasteiger partial charge in [-0.1, -0.05) is 41.9 Å². The fourth-order valence-electron chi connectivity index (χ4n) is 3.16. The number of aliphatic hydroxyl groups is 1. The van der Waals surface area contributed by atoms with Crippen molar-refractivity contribution in [3.05, 3.63) is 81.9 Å². The minimum Gasteiger partial charge on any atom is -0.491 e. The van der Waals surface area contributed by atoms with Crippen LogP contribution < -0.4 is 10.3 Å². The average molecular weight is 427 g/mol. The molecule has 5 nitrogen and oxygen atoms in total. The summed E-state index contributed by atoms with van der Waals surface area (Å²) < 4.78 is 7.00. The van der Waals surface area contributed by atoms with Crippen molar-refractivity contribution in [3.8, 4) is 16.2 Å². The molecule has 0 radical (unpaired) electrons. The molecule has 1 unspecified atom stereocenters. The van der Waals surface area contributed by atoms with Gasteiger partial charge < -0.3 is 9.84 Å². The van der Waals surface area contributed by atoms with Crippen LogP contribution in [0, 0.1) is 6.92 Å². The molecule has 0 fully saturated rings. The summed E-state index contributed by atoms with van der Waals surface area (Å²) >= 11 is 7.36. The third-order valence-electron chi connectivity index (χ3n) is 4.62. The zero-order valence-electron chi connectivity index (χ0n) is 15.7. The Labute approximate surface area is 176 Å². The van der Waals surface area contributed by atoms with Gasteiger partial charge in [0.25, 0.3) is 5.56 Å². The van der Waals surface area contributed by atoms with Gasteiger partial charge in [-0.05, 0) is 42.3 Å². The molecule has 0 saturated carbocycles. The average Bonchev–Trinajstić information content (AvgIpc) is 3.07. The van der Waals surface area contributed by atoms with Gasteiger partial charge in [0, 0.05) is 9.90 Å². The maximum atomic E-state index is 13.0. The second-order valence-corrected chi connectivity index (χ2v) is 8.16. The molecular formula is C22H19ClN2O3S. The summed E-state index contributed by atoms with van der Waals surface area (Å²) in [5, 5.41) is 11.5. The molecule has 0 aliphatic rings. The zero-order valence-corrected chi connectivity index (χ0v) is 17.3. The molecule has 0 aliphatic heterocycles. The van der Waals surface area contributed by atoms with Gasteiger partial charge in [0.1, 0.15) is 23.3 Å². The quantitative estimate of drug-likeness (QED) is 0.492. The summed E-state index contributed by atoms with van der Waals surface area (Å²) in [5.74, 6) is 0.607. The van der Waals surface area contributed by atoms with Gasteiger partial charge in [-0.2, -0.15) is 0 Å². The molecule has 1 N–H and O–H groups in total. The van der Waals surface area contributed by atoms with Gasteiger partial charge in [-0.3, -0.25) is 9.36 Å². The standard InChI is InChI=1S/C22H19ClN2O3S/c1-14-19-21(29-20(14)15-5-3-2-4-6-15)24-13-25(22(19)27)11-17(26)12-28-18-9-7-16(23)8-10-18/h2-10,13,17,26H,11-12H2,1H3. The summed E-state index contributed by atoms with van der Waals surface area (Å²) in [6.07, 6.45) is 0.635. The highest BCUT2D eigenvalue weighted by Gasteiger charge is 2.17. The first-order valence-electron chi connectivity index (χ1n) is 9.13. The van der Waals surface area contributed by atoms with Gasteiger partial charge in [0.15, 0.2) is 0 Å². The molecule has 2 aromatic heterocycles. The Bertz CT molecular complexity index is 1190. The van der Waals surface area contributed by atoms with Crippen LogP contribution in [0.1, 0.15) is 5.56 Å². The van der Waals surface area contributed by atoms with Crippen LogP contribution in [0.5, 0.6) is 5.75 Å². The third kappa shape index (κ3) is 4.19. The van der Waals surface area contributed by atoms with Crippen LogP contribution in [0.25, 0.3) is 20.7 Å². The van der Waals surface area contributed by atoms with Crippen molar-refractivity contribution in [2.24, 2.45) is 0 Å². The topological polar surface area (TPSA) is 64.3 Å². The van der Waals surface area contributed by atoms with E-state index in [9.17, 15) is 9.90 Å². The first kappa shape index (κ1) is 19.6. The maximum Gasteiger partial charge on any atom is 0.262 e. The van der Waals surface area contributed by atoms with E-state index in [1.165, 1.54) is 22.2 Å². The van der Waals surface area contributed by atoms with Crippen molar-refractivity contribution in [1.29, 1.82) is 0 Å². The molecule has 2 aromatic carbocycles. The summed E-state index contributed by atoms with van der Waals surface area (Å²) in [6.45, 7) is 2.10. The third-order valence-corrected chi connectivity index (χ3v) is 6.12. The van der Waals surface area contributed by atoms with Crippen molar-refractivity contribution in [1.82, 2.24) is 9.55 Å². The number of ether oxygens (including phenoxy) is 1. The number of halogens is 1. The van der Waals surface area contributed by atoms with E-state index >= 15 is 0 Å². The van der Waals surface area contributed by atoms with Crippen molar-refractivity contribution in [2.45, 2.75) is 19.6 Å². The summed E-state index contributed by atoms with van der Waals surface area (Å²) in [6, 6.07) is 16.9. The number of aliphatic hydroxyl groups excluding tert-OH is 1. The highest BCUT2D eigenvalue weighted by atomic mass is 35.5. The minimum atomic E-state index is -0.852. The lowest BCUT2D eigenvalue weighted by Crippen LogP contribution is -2.30. The minimum absolute atomic E-state index is 0.0595. The molecule has 0 bridgehead atoms. The zero-order chi connectivity index (χ0) is 20.4. The SMILES string of the molecule is Cc1c(-c2ccccc2)sc2ncn(CC(O)COc3ccc(Cl)cc3)c(=O)c12. The van der Waals surface area contributed by atoms with E-state index in [4.69, 9.17) is 16.3 Å². The van der Waals surface area contributed by atoms with Crippen LogP contribution >= 0.6 is 22.9 Å². The van der Waals surface area contributed by atoms with Crippen molar-refractivity contribution in [3.63, 3.8) is 0 Å². The molecule has 0 spiro atoms. The molecule has 2 heterocycles. The fraction of sp³-hybridized carbons (Fsp3) is 0.182. The van der Waals surface area contributed by atoms with Crippen LogP contribution in [-0.2, 0) is 6.54 Å². The predicted octanol–water partition coefficient (Wildman–Crippen LogP) is 4.53. The Balaban J connectivity index is 1.55. The molecule has 0 aliphatic carbocycles. The Hall–Kier alpha value is -2.67.